The molecule has 4 aromatic rings. The number of nitrogens with one attached hydrogen (secondary N) is 4. The van der Waals surface area contributed by atoms with Gasteiger partial charge < -0.3 is 20.9 Å². The summed E-state index contributed by atoms with van der Waals surface area (Å²) in [6, 6.07) is 21.6. The number of amides is 2. The van der Waals surface area contributed by atoms with Gasteiger partial charge in [0.1, 0.15) is 11.6 Å². The third kappa shape index (κ3) is 7.11. The summed E-state index contributed by atoms with van der Waals surface area (Å²) in [7, 11) is 0. The normalized spacial score (nSPS) is 11.7. The van der Waals surface area contributed by atoms with Crippen LogP contribution in [0.5, 0.6) is 0 Å². The Labute approximate surface area is 215 Å². The standard InChI is InChI=1S/C28H30FN5OS/c1-19(36)30-16-6-5-9-25(34-28(35)31-18-20-7-3-2-4-8-20)27-32-24-15-12-22(17-26(24)33-27)21-10-13-23(29)14-11-21/h2-4,7-8,10-15,17,25H,5-6,9,16,18H2,1H3,(H,30,36)(H,32,33)(H2,31,34,35)/t25-/m0/s1. The fourth-order valence-corrected chi connectivity index (χ4v) is 4.12. The first-order valence-electron chi connectivity index (χ1n) is 12.1. The number of hydrogen-bond donors (Lipinski definition) is 4. The molecule has 36 heavy (non-hydrogen) atoms. The largest absolute Gasteiger partial charge is 0.380 e. The molecule has 0 aliphatic carbocycles. The number of unbranched alkanes of at least 4 members (excludes halogenated alkanes) is 1. The molecule has 0 bridgehead atoms. The number of thiocarbonyl (C=S) groups is 1. The first-order chi connectivity index (χ1) is 17.5. The van der Waals surface area contributed by atoms with Crippen LogP contribution in [0.25, 0.3) is 22.2 Å². The summed E-state index contributed by atoms with van der Waals surface area (Å²) in [6.07, 6.45) is 2.53. The van der Waals surface area contributed by atoms with Gasteiger partial charge in [0.2, 0.25) is 0 Å². The van der Waals surface area contributed by atoms with E-state index in [0.717, 1.165) is 58.5 Å². The highest BCUT2D eigenvalue weighted by Crippen LogP contribution is 2.26. The smallest absolute Gasteiger partial charge is 0.315 e. The van der Waals surface area contributed by atoms with Crippen molar-refractivity contribution in [3.63, 3.8) is 0 Å². The van der Waals surface area contributed by atoms with E-state index < -0.39 is 0 Å². The second-order valence-electron chi connectivity index (χ2n) is 8.70. The van der Waals surface area contributed by atoms with Crippen LogP contribution in [0.4, 0.5) is 9.18 Å². The fourth-order valence-electron chi connectivity index (χ4n) is 4.02. The molecule has 1 aromatic heterocycles. The minimum atomic E-state index is -0.281. The quantitative estimate of drug-likeness (QED) is 0.158. The van der Waals surface area contributed by atoms with Crippen LogP contribution in [0.2, 0.25) is 0 Å². The van der Waals surface area contributed by atoms with Crippen LogP contribution in [0.3, 0.4) is 0 Å². The third-order valence-electron chi connectivity index (χ3n) is 5.90. The van der Waals surface area contributed by atoms with Crippen LogP contribution in [0.15, 0.2) is 72.8 Å². The van der Waals surface area contributed by atoms with Crippen molar-refractivity contribution in [2.75, 3.05) is 6.54 Å². The predicted octanol–water partition coefficient (Wildman–Crippen LogP) is 6.02. The minimum Gasteiger partial charge on any atom is -0.380 e. The number of nitrogens with zero attached hydrogens (tertiary/aromatic N) is 1. The van der Waals surface area contributed by atoms with Gasteiger partial charge in [-0.25, -0.2) is 14.2 Å². The van der Waals surface area contributed by atoms with E-state index in [4.69, 9.17) is 17.2 Å². The molecule has 0 fully saturated rings. The molecule has 0 saturated carbocycles. The van der Waals surface area contributed by atoms with E-state index in [-0.39, 0.29) is 17.9 Å². The van der Waals surface area contributed by atoms with Crippen molar-refractivity contribution in [2.24, 2.45) is 0 Å². The van der Waals surface area contributed by atoms with Gasteiger partial charge in [0.25, 0.3) is 0 Å². The molecule has 186 valence electrons. The molecule has 3 aromatic carbocycles. The molecule has 0 aliphatic heterocycles. The van der Waals surface area contributed by atoms with Gasteiger partial charge >= 0.3 is 6.03 Å². The number of fused-ring (bicyclic) bond motifs is 1. The molecule has 0 radical (unpaired) electrons. The van der Waals surface area contributed by atoms with Crippen LogP contribution in [0.1, 0.15) is 43.6 Å². The number of aromatic amines is 1. The van der Waals surface area contributed by atoms with Crippen LogP contribution in [0, 0.1) is 5.82 Å². The van der Waals surface area contributed by atoms with Gasteiger partial charge in [-0.05, 0) is 67.1 Å². The zero-order chi connectivity index (χ0) is 25.3. The van der Waals surface area contributed by atoms with Gasteiger partial charge in [0.15, 0.2) is 0 Å². The fraction of sp³-hybridized carbons (Fsp3) is 0.250. The SMILES string of the molecule is CC(=S)NCCCC[C@H](NC(=O)NCc1ccccc1)c1nc2ccc(-c3ccc(F)cc3)cc2[nH]1. The lowest BCUT2D eigenvalue weighted by Crippen LogP contribution is -2.38. The molecule has 2 amide bonds. The van der Waals surface area contributed by atoms with E-state index in [0.29, 0.717) is 12.4 Å². The first kappa shape index (κ1) is 25.3. The predicted molar refractivity (Wildman–Crippen MR) is 146 cm³/mol. The van der Waals surface area contributed by atoms with Crippen molar-refractivity contribution in [3.05, 3.63) is 90.0 Å². The lowest BCUT2D eigenvalue weighted by Gasteiger charge is -2.17. The third-order valence-corrected chi connectivity index (χ3v) is 6.05. The van der Waals surface area contributed by atoms with Crippen molar-refractivity contribution in [2.45, 2.75) is 38.8 Å². The highest BCUT2D eigenvalue weighted by atomic mass is 32.1. The average Bonchev–Trinajstić information content (AvgIpc) is 3.31. The summed E-state index contributed by atoms with van der Waals surface area (Å²) >= 11 is 5.08. The molecule has 0 spiro atoms. The van der Waals surface area contributed by atoms with Crippen molar-refractivity contribution in [1.29, 1.82) is 0 Å². The number of hydrogen-bond acceptors (Lipinski definition) is 3. The summed E-state index contributed by atoms with van der Waals surface area (Å²) in [5.74, 6) is 0.439. The number of H-pyrrole nitrogens is 1. The Bertz CT molecular complexity index is 1310. The first-order valence-corrected chi connectivity index (χ1v) is 12.5. The number of benzene rings is 3. The minimum absolute atomic E-state index is 0.246. The van der Waals surface area contributed by atoms with Crippen molar-refractivity contribution in [3.8, 4) is 11.1 Å². The Morgan fingerprint density at radius 3 is 2.50 bits per heavy atom. The highest BCUT2D eigenvalue weighted by molar-refractivity contribution is 7.80. The molecule has 0 aliphatic rings. The second kappa shape index (κ2) is 12.3. The van der Waals surface area contributed by atoms with Gasteiger partial charge in [-0.2, -0.15) is 0 Å². The molecule has 1 heterocycles. The summed E-state index contributed by atoms with van der Waals surface area (Å²) in [6.45, 7) is 3.10. The van der Waals surface area contributed by atoms with Gasteiger partial charge in [0.05, 0.1) is 22.1 Å². The number of halogens is 1. The number of rotatable bonds is 10. The maximum absolute atomic E-state index is 13.3. The number of urea groups is 1. The molecule has 0 unspecified atom stereocenters. The Morgan fingerprint density at radius 2 is 1.75 bits per heavy atom. The monoisotopic (exact) mass is 503 g/mol. The lowest BCUT2D eigenvalue weighted by molar-refractivity contribution is 0.235. The van der Waals surface area contributed by atoms with Crippen LogP contribution in [-0.2, 0) is 6.54 Å². The molecule has 8 heteroatoms. The van der Waals surface area contributed by atoms with Crippen molar-refractivity contribution < 1.29 is 9.18 Å². The van der Waals surface area contributed by atoms with E-state index in [9.17, 15) is 9.18 Å². The maximum Gasteiger partial charge on any atom is 0.315 e. The van der Waals surface area contributed by atoms with Crippen molar-refractivity contribution in [1.82, 2.24) is 25.9 Å². The van der Waals surface area contributed by atoms with Gasteiger partial charge in [-0.15, -0.1) is 0 Å². The van der Waals surface area contributed by atoms with E-state index >= 15 is 0 Å². The highest BCUT2D eigenvalue weighted by Gasteiger charge is 2.18. The van der Waals surface area contributed by atoms with Gasteiger partial charge in [-0.1, -0.05) is 60.7 Å². The van der Waals surface area contributed by atoms with E-state index in [1.54, 1.807) is 12.1 Å². The summed E-state index contributed by atoms with van der Waals surface area (Å²) in [5, 5.41) is 9.19. The molecular weight excluding hydrogens is 473 g/mol. The number of imidazole rings is 1. The molecule has 6 nitrogen and oxygen atoms in total. The summed E-state index contributed by atoms with van der Waals surface area (Å²) in [5.41, 5.74) is 4.59. The maximum atomic E-state index is 13.3. The average molecular weight is 504 g/mol. The van der Waals surface area contributed by atoms with E-state index in [2.05, 4.69) is 20.9 Å². The van der Waals surface area contributed by atoms with Crippen LogP contribution in [-0.4, -0.2) is 27.5 Å². The Kier molecular flexibility index (Phi) is 8.62. The second-order valence-corrected chi connectivity index (χ2v) is 9.32. The number of carbonyl (C=O) groups excluding carboxylic acids is 1. The van der Waals surface area contributed by atoms with Crippen LogP contribution < -0.4 is 16.0 Å². The Hall–Kier alpha value is -3.78. The lowest BCUT2D eigenvalue weighted by atomic mass is 10.1. The Morgan fingerprint density at radius 1 is 1.00 bits per heavy atom. The van der Waals surface area contributed by atoms with E-state index in [1.807, 2.05) is 55.5 Å². The zero-order valence-electron chi connectivity index (χ0n) is 20.2. The van der Waals surface area contributed by atoms with Crippen LogP contribution >= 0.6 is 12.2 Å². The summed E-state index contributed by atoms with van der Waals surface area (Å²) in [4.78, 5) is 21.7. The Balaban J connectivity index is 1.48. The number of carbonyl (C=O) groups is 1. The molecule has 1 atom stereocenters. The van der Waals surface area contributed by atoms with Gasteiger partial charge in [-0.3, -0.25) is 0 Å². The molecular formula is C28H30FN5OS. The topological polar surface area (TPSA) is 81.8 Å². The number of aromatic nitrogens is 2. The van der Waals surface area contributed by atoms with Gasteiger partial charge in [0, 0.05) is 13.1 Å². The molecule has 0 saturated heterocycles. The molecule has 4 rings (SSSR count). The van der Waals surface area contributed by atoms with E-state index in [1.165, 1.54) is 12.1 Å². The zero-order valence-corrected chi connectivity index (χ0v) is 21.0. The van der Waals surface area contributed by atoms with Crippen molar-refractivity contribution >= 4 is 34.3 Å². The molecule has 4 N–H and O–H groups in total. The summed E-state index contributed by atoms with van der Waals surface area (Å²) < 4.78 is 13.3.